The molecular formula is C13H15NO. The van der Waals surface area contributed by atoms with Crippen LogP contribution in [0.5, 0.6) is 0 Å². The Bertz CT molecular complexity index is 405. The summed E-state index contributed by atoms with van der Waals surface area (Å²) in [6, 6.07) is 3.83. The molecule has 2 aliphatic carbocycles. The van der Waals surface area contributed by atoms with Gasteiger partial charge in [-0.05, 0) is 37.8 Å². The first-order valence-corrected chi connectivity index (χ1v) is 5.81. The molecule has 0 radical (unpaired) electrons. The van der Waals surface area contributed by atoms with Gasteiger partial charge in [-0.2, -0.15) is 0 Å². The van der Waals surface area contributed by atoms with E-state index in [1.165, 1.54) is 12.8 Å². The van der Waals surface area contributed by atoms with E-state index in [0.29, 0.717) is 5.78 Å². The van der Waals surface area contributed by atoms with Gasteiger partial charge in [0.25, 0.3) is 0 Å². The van der Waals surface area contributed by atoms with Crippen molar-refractivity contribution in [1.29, 1.82) is 0 Å². The van der Waals surface area contributed by atoms with Crippen LogP contribution in [0.3, 0.4) is 0 Å². The number of hydrogen-bond acceptors (Lipinski definition) is 2. The van der Waals surface area contributed by atoms with E-state index in [1.54, 1.807) is 6.20 Å². The van der Waals surface area contributed by atoms with Crippen LogP contribution in [0.1, 0.15) is 48.2 Å². The van der Waals surface area contributed by atoms with E-state index in [0.717, 1.165) is 36.9 Å². The topological polar surface area (TPSA) is 30.0 Å². The minimum atomic E-state index is -0.00394. The lowest BCUT2D eigenvalue weighted by Gasteiger charge is -2.32. The third kappa shape index (κ3) is 1.24. The van der Waals surface area contributed by atoms with Crippen molar-refractivity contribution in [2.45, 2.75) is 38.5 Å². The zero-order chi connectivity index (χ0) is 10.3. The Balaban J connectivity index is 2.05. The first-order chi connectivity index (χ1) is 7.32. The van der Waals surface area contributed by atoms with Gasteiger partial charge in [-0.3, -0.25) is 9.78 Å². The van der Waals surface area contributed by atoms with Crippen LogP contribution in [0.15, 0.2) is 18.3 Å². The molecule has 0 aliphatic heterocycles. The fourth-order valence-corrected chi connectivity index (χ4v) is 3.13. The third-order valence-corrected chi connectivity index (χ3v) is 4.02. The van der Waals surface area contributed by atoms with E-state index >= 15 is 0 Å². The summed E-state index contributed by atoms with van der Waals surface area (Å²) in [7, 11) is 0. The molecule has 0 aromatic carbocycles. The van der Waals surface area contributed by atoms with E-state index in [1.807, 2.05) is 12.1 Å². The van der Waals surface area contributed by atoms with Crippen molar-refractivity contribution in [3.05, 3.63) is 29.6 Å². The van der Waals surface area contributed by atoms with Gasteiger partial charge in [-0.25, -0.2) is 0 Å². The van der Waals surface area contributed by atoms with Crippen LogP contribution >= 0.6 is 0 Å². The van der Waals surface area contributed by atoms with Gasteiger partial charge in [0.05, 0.1) is 5.69 Å². The molecule has 0 unspecified atom stereocenters. The Morgan fingerprint density at radius 2 is 2.00 bits per heavy atom. The number of aromatic nitrogens is 1. The van der Waals surface area contributed by atoms with Crippen molar-refractivity contribution >= 4 is 5.78 Å². The molecular weight excluding hydrogens is 186 g/mol. The van der Waals surface area contributed by atoms with Crippen LogP contribution in [-0.4, -0.2) is 10.8 Å². The maximum atomic E-state index is 12.4. The summed E-state index contributed by atoms with van der Waals surface area (Å²) in [6.07, 6.45) is 8.44. The van der Waals surface area contributed by atoms with E-state index < -0.39 is 0 Å². The molecule has 15 heavy (non-hydrogen) atoms. The van der Waals surface area contributed by atoms with Gasteiger partial charge >= 0.3 is 0 Å². The van der Waals surface area contributed by atoms with E-state index in [-0.39, 0.29) is 5.41 Å². The van der Waals surface area contributed by atoms with Gasteiger partial charge in [-0.15, -0.1) is 0 Å². The number of nitrogens with zero attached hydrogens (tertiary/aromatic N) is 1. The zero-order valence-corrected chi connectivity index (χ0v) is 8.83. The molecule has 1 heterocycles. The number of pyridine rings is 1. The Morgan fingerprint density at radius 3 is 2.80 bits per heavy atom. The summed E-state index contributed by atoms with van der Waals surface area (Å²) in [4.78, 5) is 16.7. The van der Waals surface area contributed by atoms with Gasteiger partial charge in [0.2, 0.25) is 0 Å². The van der Waals surface area contributed by atoms with Crippen molar-refractivity contribution in [3.8, 4) is 0 Å². The van der Waals surface area contributed by atoms with Gasteiger partial charge in [0.15, 0.2) is 5.78 Å². The van der Waals surface area contributed by atoms with Crippen LogP contribution in [0.25, 0.3) is 0 Å². The molecule has 0 N–H and O–H groups in total. The number of aryl methyl sites for hydroxylation is 1. The average molecular weight is 201 g/mol. The summed E-state index contributed by atoms with van der Waals surface area (Å²) in [5.41, 5.74) is 1.90. The molecule has 1 spiro atoms. The summed E-state index contributed by atoms with van der Waals surface area (Å²) in [6.45, 7) is 0. The van der Waals surface area contributed by atoms with Crippen LogP contribution in [0.4, 0.5) is 0 Å². The molecule has 2 nitrogen and oxygen atoms in total. The minimum absolute atomic E-state index is 0.00394. The zero-order valence-electron chi connectivity index (χ0n) is 8.83. The number of Topliss-reactive ketones (excluding diaryl/α,β-unsaturated/α-hetero) is 1. The molecule has 0 amide bonds. The number of carbonyl (C=O) groups is 1. The number of carbonyl (C=O) groups excluding carboxylic acids is 1. The highest BCUT2D eigenvalue weighted by Crippen LogP contribution is 2.47. The Hall–Kier alpha value is -1.18. The first kappa shape index (κ1) is 9.08. The molecule has 2 aliphatic rings. The molecule has 1 aromatic rings. The monoisotopic (exact) mass is 201 g/mol. The summed E-state index contributed by atoms with van der Waals surface area (Å²) >= 11 is 0. The van der Waals surface area contributed by atoms with Crippen molar-refractivity contribution < 1.29 is 4.79 Å². The third-order valence-electron chi connectivity index (χ3n) is 4.02. The van der Waals surface area contributed by atoms with Crippen molar-refractivity contribution in [3.63, 3.8) is 0 Å². The highest BCUT2D eigenvalue weighted by Gasteiger charge is 2.44. The lowest BCUT2D eigenvalue weighted by Crippen LogP contribution is -2.33. The molecule has 1 aromatic heterocycles. The summed E-state index contributed by atoms with van der Waals surface area (Å²) in [5, 5.41) is 0. The minimum Gasteiger partial charge on any atom is -0.293 e. The number of ketones is 1. The molecule has 3 rings (SSSR count). The highest BCUT2D eigenvalue weighted by molar-refractivity contribution is 6.02. The number of hydrogen-bond donors (Lipinski definition) is 0. The van der Waals surface area contributed by atoms with Crippen molar-refractivity contribution in [2.75, 3.05) is 0 Å². The fourth-order valence-electron chi connectivity index (χ4n) is 3.13. The Kier molecular flexibility index (Phi) is 1.91. The number of fused-ring (bicyclic) bond motifs is 1. The maximum Gasteiger partial charge on any atom is 0.170 e. The van der Waals surface area contributed by atoms with Crippen LogP contribution < -0.4 is 0 Å². The van der Waals surface area contributed by atoms with Crippen molar-refractivity contribution in [2.24, 2.45) is 5.41 Å². The van der Waals surface area contributed by atoms with Gasteiger partial charge in [0, 0.05) is 17.2 Å². The highest BCUT2D eigenvalue weighted by atomic mass is 16.1. The van der Waals surface area contributed by atoms with E-state index in [2.05, 4.69) is 4.98 Å². The standard InChI is InChI=1S/C13H15NO/c15-12-10-4-3-9-14-11(10)5-8-13(12)6-1-2-7-13/h3-4,9H,1-2,5-8H2. The molecule has 0 atom stereocenters. The molecule has 0 saturated heterocycles. The largest absolute Gasteiger partial charge is 0.293 e. The molecule has 78 valence electrons. The number of rotatable bonds is 0. The van der Waals surface area contributed by atoms with Gasteiger partial charge < -0.3 is 0 Å². The van der Waals surface area contributed by atoms with Gasteiger partial charge in [-0.1, -0.05) is 12.8 Å². The van der Waals surface area contributed by atoms with E-state index in [9.17, 15) is 4.79 Å². The predicted molar refractivity (Wildman–Crippen MR) is 57.8 cm³/mol. The second-order valence-electron chi connectivity index (χ2n) is 4.81. The Morgan fingerprint density at radius 1 is 1.20 bits per heavy atom. The fraction of sp³-hybridized carbons (Fsp3) is 0.538. The molecule has 1 fully saturated rings. The second-order valence-corrected chi connectivity index (χ2v) is 4.81. The normalized spacial score (nSPS) is 23.1. The second kappa shape index (κ2) is 3.16. The van der Waals surface area contributed by atoms with E-state index in [4.69, 9.17) is 0 Å². The molecule has 2 heteroatoms. The average Bonchev–Trinajstić information content (AvgIpc) is 2.74. The molecule has 1 saturated carbocycles. The SMILES string of the molecule is O=C1c2cccnc2CCC12CCCC2. The quantitative estimate of drug-likeness (QED) is 0.646. The lowest BCUT2D eigenvalue weighted by molar-refractivity contribution is 0.0763. The molecule has 0 bridgehead atoms. The van der Waals surface area contributed by atoms with Gasteiger partial charge in [0.1, 0.15) is 0 Å². The van der Waals surface area contributed by atoms with Crippen molar-refractivity contribution in [1.82, 2.24) is 4.98 Å². The smallest absolute Gasteiger partial charge is 0.170 e. The maximum absolute atomic E-state index is 12.4. The lowest BCUT2D eigenvalue weighted by atomic mass is 9.70. The van der Waals surface area contributed by atoms with Crippen LogP contribution in [0, 0.1) is 5.41 Å². The van der Waals surface area contributed by atoms with Crippen LogP contribution in [-0.2, 0) is 6.42 Å². The van der Waals surface area contributed by atoms with Crippen LogP contribution in [0.2, 0.25) is 0 Å². The predicted octanol–water partition coefficient (Wildman–Crippen LogP) is 2.77. The first-order valence-electron chi connectivity index (χ1n) is 5.81. The summed E-state index contributed by atoms with van der Waals surface area (Å²) < 4.78 is 0. The Labute approximate surface area is 89.7 Å². The summed E-state index contributed by atoms with van der Waals surface area (Å²) in [5.74, 6) is 0.370.